The van der Waals surface area contributed by atoms with E-state index in [0.29, 0.717) is 11.3 Å². The first-order valence-corrected chi connectivity index (χ1v) is 10.8. The van der Waals surface area contributed by atoms with Crippen LogP contribution in [0, 0.1) is 0 Å². The van der Waals surface area contributed by atoms with Crippen LogP contribution in [0.4, 0.5) is 5.69 Å². The van der Waals surface area contributed by atoms with Crippen molar-refractivity contribution in [2.24, 2.45) is 0 Å². The molecule has 2 rings (SSSR count). The van der Waals surface area contributed by atoms with Crippen molar-refractivity contribution in [1.82, 2.24) is 0 Å². The van der Waals surface area contributed by atoms with Gasteiger partial charge in [-0.3, -0.25) is 9.59 Å². The van der Waals surface area contributed by atoms with E-state index in [9.17, 15) is 22.8 Å². The number of rotatable bonds is 8. The Bertz CT molecular complexity index is 1050. The highest BCUT2D eigenvalue weighted by Gasteiger charge is 2.21. The molecule has 0 fully saturated rings. The van der Waals surface area contributed by atoms with Crippen molar-refractivity contribution in [3.05, 3.63) is 58.1 Å². The minimum Gasteiger partial charge on any atom is -0.465 e. The Balaban J connectivity index is 1.83. The van der Waals surface area contributed by atoms with Gasteiger partial charge in [-0.05, 0) is 42.5 Å². The van der Waals surface area contributed by atoms with Crippen LogP contribution in [0.25, 0.3) is 0 Å². The standard InChI is InChI=1S/C19H17Cl2NO7S/c1-28-19(25)12-2-5-14(6-3-12)22-17(23)11-29-18(24)8-9-30(26,27)16-10-13(20)4-7-15(16)21/h2-7,10H,8-9,11H2,1H3,(H,22,23). The Hall–Kier alpha value is -2.62. The van der Waals surface area contributed by atoms with Crippen molar-refractivity contribution in [3.8, 4) is 0 Å². The molecule has 0 heterocycles. The summed E-state index contributed by atoms with van der Waals surface area (Å²) in [6, 6.07) is 9.86. The molecule has 2 aromatic rings. The van der Waals surface area contributed by atoms with Gasteiger partial charge in [-0.25, -0.2) is 13.2 Å². The van der Waals surface area contributed by atoms with Gasteiger partial charge in [0.15, 0.2) is 16.4 Å². The van der Waals surface area contributed by atoms with E-state index >= 15 is 0 Å². The number of sulfone groups is 1. The molecule has 0 unspecified atom stereocenters. The van der Waals surface area contributed by atoms with Crippen LogP contribution in [-0.2, 0) is 28.9 Å². The Kier molecular flexibility index (Phi) is 8.22. The quantitative estimate of drug-likeness (QED) is 0.585. The molecule has 2 aromatic carbocycles. The fraction of sp³-hybridized carbons (Fsp3) is 0.211. The maximum atomic E-state index is 12.3. The highest BCUT2D eigenvalue weighted by molar-refractivity contribution is 7.91. The first-order valence-electron chi connectivity index (χ1n) is 8.44. The number of halogens is 2. The topological polar surface area (TPSA) is 116 Å². The molecule has 1 amide bonds. The predicted octanol–water partition coefficient (Wildman–Crippen LogP) is 3.13. The molecule has 0 saturated heterocycles. The van der Waals surface area contributed by atoms with Gasteiger partial charge >= 0.3 is 11.9 Å². The Morgan fingerprint density at radius 2 is 1.70 bits per heavy atom. The molecule has 0 bridgehead atoms. The second-order valence-electron chi connectivity index (χ2n) is 5.92. The third-order valence-electron chi connectivity index (χ3n) is 3.76. The van der Waals surface area contributed by atoms with E-state index in [-0.39, 0.29) is 14.9 Å². The molecule has 30 heavy (non-hydrogen) atoms. The van der Waals surface area contributed by atoms with Gasteiger partial charge < -0.3 is 14.8 Å². The molecule has 0 radical (unpaired) electrons. The molecule has 11 heteroatoms. The highest BCUT2D eigenvalue weighted by Crippen LogP contribution is 2.26. The van der Waals surface area contributed by atoms with E-state index in [1.165, 1.54) is 49.6 Å². The second kappa shape index (κ2) is 10.4. The molecule has 1 N–H and O–H groups in total. The monoisotopic (exact) mass is 473 g/mol. The van der Waals surface area contributed by atoms with Crippen LogP contribution in [0.15, 0.2) is 47.4 Å². The van der Waals surface area contributed by atoms with Crippen molar-refractivity contribution in [1.29, 1.82) is 0 Å². The fourth-order valence-electron chi connectivity index (χ4n) is 2.27. The summed E-state index contributed by atoms with van der Waals surface area (Å²) in [4.78, 5) is 34.8. The van der Waals surface area contributed by atoms with Crippen molar-refractivity contribution >= 4 is 56.6 Å². The summed E-state index contributed by atoms with van der Waals surface area (Å²) >= 11 is 11.7. The number of benzene rings is 2. The molecule has 8 nitrogen and oxygen atoms in total. The second-order valence-corrected chi connectivity index (χ2v) is 8.84. The number of nitrogens with one attached hydrogen (secondary N) is 1. The average Bonchev–Trinajstić information content (AvgIpc) is 2.72. The van der Waals surface area contributed by atoms with E-state index in [4.69, 9.17) is 27.9 Å². The van der Waals surface area contributed by atoms with Crippen LogP contribution >= 0.6 is 23.2 Å². The summed E-state index contributed by atoms with van der Waals surface area (Å²) in [5, 5.41) is 2.66. The van der Waals surface area contributed by atoms with Gasteiger partial charge in [-0.2, -0.15) is 0 Å². The SMILES string of the molecule is COC(=O)c1ccc(NC(=O)COC(=O)CCS(=O)(=O)c2cc(Cl)ccc2Cl)cc1. The largest absolute Gasteiger partial charge is 0.465 e. The number of carbonyl (C=O) groups excluding carboxylic acids is 3. The fourth-order valence-corrected chi connectivity index (χ4v) is 4.30. The number of esters is 2. The minimum absolute atomic E-state index is 0.00892. The van der Waals surface area contributed by atoms with E-state index in [1.54, 1.807) is 0 Å². The van der Waals surface area contributed by atoms with Crippen LogP contribution in [0.3, 0.4) is 0 Å². The molecule has 0 aromatic heterocycles. The third kappa shape index (κ3) is 6.72. The third-order valence-corrected chi connectivity index (χ3v) is 6.18. The summed E-state index contributed by atoms with van der Waals surface area (Å²) in [7, 11) is -2.61. The lowest BCUT2D eigenvalue weighted by atomic mass is 10.2. The molecule has 0 spiro atoms. The highest BCUT2D eigenvalue weighted by atomic mass is 35.5. The molecule has 0 aliphatic carbocycles. The summed E-state index contributed by atoms with van der Waals surface area (Å²) < 4.78 is 34.0. The van der Waals surface area contributed by atoms with Gasteiger partial charge in [-0.1, -0.05) is 23.2 Å². The Morgan fingerprint density at radius 3 is 2.33 bits per heavy atom. The smallest absolute Gasteiger partial charge is 0.337 e. The molecular formula is C19H17Cl2NO7S. The lowest BCUT2D eigenvalue weighted by Crippen LogP contribution is -2.22. The van der Waals surface area contributed by atoms with Gasteiger partial charge in [0.2, 0.25) is 0 Å². The van der Waals surface area contributed by atoms with Crippen LogP contribution < -0.4 is 5.32 Å². The molecular weight excluding hydrogens is 457 g/mol. The van der Waals surface area contributed by atoms with Crippen LogP contribution in [0.2, 0.25) is 10.0 Å². The van der Waals surface area contributed by atoms with Crippen molar-refractivity contribution in [2.45, 2.75) is 11.3 Å². The molecule has 0 atom stereocenters. The maximum absolute atomic E-state index is 12.3. The van der Waals surface area contributed by atoms with E-state index < -0.39 is 46.5 Å². The minimum atomic E-state index is -3.86. The Labute approximate surface area is 183 Å². The van der Waals surface area contributed by atoms with E-state index in [0.717, 1.165) is 0 Å². The van der Waals surface area contributed by atoms with Gasteiger partial charge in [0, 0.05) is 10.7 Å². The zero-order chi connectivity index (χ0) is 22.3. The molecule has 0 saturated carbocycles. The summed E-state index contributed by atoms with van der Waals surface area (Å²) in [5.41, 5.74) is 0.685. The maximum Gasteiger partial charge on any atom is 0.337 e. The number of hydrogen-bond acceptors (Lipinski definition) is 7. The molecule has 0 aliphatic rings. The lowest BCUT2D eigenvalue weighted by molar-refractivity contribution is -0.146. The number of amides is 1. The number of carbonyl (C=O) groups is 3. The average molecular weight is 474 g/mol. The van der Waals surface area contributed by atoms with Crippen LogP contribution in [-0.4, -0.2) is 45.7 Å². The van der Waals surface area contributed by atoms with Gasteiger partial charge in [-0.15, -0.1) is 0 Å². The Morgan fingerprint density at radius 1 is 1.03 bits per heavy atom. The summed E-state index contributed by atoms with van der Waals surface area (Å²) in [5.74, 6) is -2.57. The van der Waals surface area contributed by atoms with Crippen molar-refractivity contribution < 1.29 is 32.3 Å². The first kappa shape index (κ1) is 23.7. The lowest BCUT2D eigenvalue weighted by Gasteiger charge is -2.08. The van der Waals surface area contributed by atoms with E-state index in [2.05, 4.69) is 10.1 Å². The number of methoxy groups -OCH3 is 1. The van der Waals surface area contributed by atoms with Gasteiger partial charge in [0.25, 0.3) is 5.91 Å². The molecule has 0 aliphatic heterocycles. The van der Waals surface area contributed by atoms with Gasteiger partial charge in [0.05, 0.1) is 34.8 Å². The van der Waals surface area contributed by atoms with Gasteiger partial charge in [0.1, 0.15) is 0 Å². The van der Waals surface area contributed by atoms with Crippen LogP contribution in [0.5, 0.6) is 0 Å². The normalized spacial score (nSPS) is 10.9. The zero-order valence-corrected chi connectivity index (χ0v) is 18.0. The van der Waals surface area contributed by atoms with Crippen molar-refractivity contribution in [2.75, 3.05) is 24.8 Å². The molecule has 160 valence electrons. The van der Waals surface area contributed by atoms with Crippen LogP contribution in [0.1, 0.15) is 16.8 Å². The number of anilines is 1. The summed E-state index contributed by atoms with van der Waals surface area (Å²) in [6.45, 7) is -0.602. The predicted molar refractivity (Wildman–Crippen MR) is 111 cm³/mol. The van der Waals surface area contributed by atoms with E-state index in [1.807, 2.05) is 0 Å². The number of ether oxygens (including phenoxy) is 2. The number of hydrogen-bond donors (Lipinski definition) is 1. The zero-order valence-electron chi connectivity index (χ0n) is 15.7. The first-order chi connectivity index (χ1) is 14.1. The van der Waals surface area contributed by atoms with Crippen molar-refractivity contribution in [3.63, 3.8) is 0 Å². The summed E-state index contributed by atoms with van der Waals surface area (Å²) in [6.07, 6.45) is -0.466.